The standard InChI is InChI=1S/C15H23NO2S/c1-9(6-10(2)17)8-16-15(18)13-7-12(13)14-5-4-11(3)19-14/h4-5,9-10,12-13,17H,6-8H2,1-3H3,(H,16,18). The fourth-order valence-corrected chi connectivity index (χ4v) is 3.58. The number of aliphatic hydroxyl groups is 1. The molecule has 1 aromatic rings. The largest absolute Gasteiger partial charge is 0.393 e. The topological polar surface area (TPSA) is 49.3 Å². The molecule has 3 nitrogen and oxygen atoms in total. The highest BCUT2D eigenvalue weighted by Crippen LogP contribution is 2.49. The molecule has 1 fully saturated rings. The maximum Gasteiger partial charge on any atom is 0.223 e. The molecule has 0 aromatic carbocycles. The van der Waals surface area contributed by atoms with Crippen LogP contribution in [0.25, 0.3) is 0 Å². The van der Waals surface area contributed by atoms with Crippen LogP contribution in [0.3, 0.4) is 0 Å². The lowest BCUT2D eigenvalue weighted by atomic mass is 10.0. The quantitative estimate of drug-likeness (QED) is 0.842. The SMILES string of the molecule is Cc1ccc(C2CC2C(=O)NCC(C)CC(C)O)s1. The Bertz CT molecular complexity index is 441. The van der Waals surface area contributed by atoms with Crippen LogP contribution in [-0.2, 0) is 4.79 Å². The summed E-state index contributed by atoms with van der Waals surface area (Å²) < 4.78 is 0. The van der Waals surface area contributed by atoms with Crippen molar-refractivity contribution in [3.63, 3.8) is 0 Å². The average molecular weight is 281 g/mol. The summed E-state index contributed by atoms with van der Waals surface area (Å²) in [5.74, 6) is 1.10. The molecule has 2 N–H and O–H groups in total. The lowest BCUT2D eigenvalue weighted by molar-refractivity contribution is -0.122. The first-order valence-corrected chi connectivity index (χ1v) is 7.81. The van der Waals surface area contributed by atoms with Crippen molar-refractivity contribution in [2.75, 3.05) is 6.54 Å². The van der Waals surface area contributed by atoms with Gasteiger partial charge in [0.05, 0.1) is 6.10 Å². The number of carbonyl (C=O) groups excluding carboxylic acids is 1. The minimum Gasteiger partial charge on any atom is -0.393 e. The maximum absolute atomic E-state index is 12.0. The fraction of sp³-hybridized carbons (Fsp3) is 0.667. The minimum absolute atomic E-state index is 0.164. The summed E-state index contributed by atoms with van der Waals surface area (Å²) in [6.45, 7) is 6.61. The zero-order chi connectivity index (χ0) is 14.0. The van der Waals surface area contributed by atoms with E-state index in [9.17, 15) is 9.90 Å². The maximum atomic E-state index is 12.0. The van der Waals surface area contributed by atoms with E-state index in [-0.39, 0.29) is 17.9 Å². The summed E-state index contributed by atoms with van der Waals surface area (Å²) >= 11 is 1.80. The minimum atomic E-state index is -0.297. The molecule has 106 valence electrons. The lowest BCUT2D eigenvalue weighted by Crippen LogP contribution is -2.30. The Morgan fingerprint density at radius 2 is 2.26 bits per heavy atom. The summed E-state index contributed by atoms with van der Waals surface area (Å²) in [5, 5.41) is 12.3. The van der Waals surface area contributed by atoms with Gasteiger partial charge in [-0.25, -0.2) is 0 Å². The number of nitrogens with one attached hydrogen (secondary N) is 1. The van der Waals surface area contributed by atoms with Crippen molar-refractivity contribution >= 4 is 17.2 Å². The predicted molar refractivity (Wildman–Crippen MR) is 78.4 cm³/mol. The highest BCUT2D eigenvalue weighted by molar-refractivity contribution is 7.12. The predicted octanol–water partition coefficient (Wildman–Crippen LogP) is 2.68. The third-order valence-electron chi connectivity index (χ3n) is 3.62. The van der Waals surface area contributed by atoms with Gasteiger partial charge in [0.25, 0.3) is 0 Å². The summed E-state index contributed by atoms with van der Waals surface area (Å²) in [6, 6.07) is 4.27. The molecule has 0 bridgehead atoms. The highest BCUT2D eigenvalue weighted by atomic mass is 32.1. The van der Waals surface area contributed by atoms with E-state index >= 15 is 0 Å². The molecule has 4 unspecified atom stereocenters. The van der Waals surface area contributed by atoms with Crippen molar-refractivity contribution in [3.05, 3.63) is 21.9 Å². The van der Waals surface area contributed by atoms with Gasteiger partial charge >= 0.3 is 0 Å². The zero-order valence-electron chi connectivity index (χ0n) is 11.8. The van der Waals surface area contributed by atoms with E-state index in [1.165, 1.54) is 9.75 Å². The van der Waals surface area contributed by atoms with Gasteiger partial charge in [-0.05, 0) is 44.7 Å². The monoisotopic (exact) mass is 281 g/mol. The van der Waals surface area contributed by atoms with E-state index in [0.717, 1.165) is 12.8 Å². The van der Waals surface area contributed by atoms with Crippen LogP contribution in [0.15, 0.2) is 12.1 Å². The smallest absolute Gasteiger partial charge is 0.223 e. The van der Waals surface area contributed by atoms with E-state index in [1.54, 1.807) is 18.3 Å². The first-order chi connectivity index (χ1) is 8.97. The number of aryl methyl sites for hydroxylation is 1. The molecule has 1 aliphatic carbocycles. The van der Waals surface area contributed by atoms with Crippen molar-refractivity contribution in [3.8, 4) is 0 Å². The van der Waals surface area contributed by atoms with Crippen LogP contribution in [0.1, 0.15) is 42.4 Å². The van der Waals surface area contributed by atoms with Crippen LogP contribution in [-0.4, -0.2) is 23.7 Å². The van der Waals surface area contributed by atoms with E-state index < -0.39 is 0 Å². The number of amides is 1. The highest BCUT2D eigenvalue weighted by Gasteiger charge is 2.44. The molecule has 4 atom stereocenters. The molecule has 1 amide bonds. The van der Waals surface area contributed by atoms with Gasteiger partial charge in [-0.15, -0.1) is 11.3 Å². The number of aliphatic hydroxyl groups excluding tert-OH is 1. The van der Waals surface area contributed by atoms with E-state index in [2.05, 4.69) is 31.3 Å². The van der Waals surface area contributed by atoms with Crippen LogP contribution < -0.4 is 5.32 Å². The summed E-state index contributed by atoms with van der Waals surface area (Å²) in [5.41, 5.74) is 0. The van der Waals surface area contributed by atoms with Crippen LogP contribution in [0, 0.1) is 18.8 Å². The third kappa shape index (κ3) is 4.05. The molecule has 2 rings (SSSR count). The summed E-state index contributed by atoms with van der Waals surface area (Å²) in [4.78, 5) is 14.7. The van der Waals surface area contributed by atoms with Crippen LogP contribution in [0.5, 0.6) is 0 Å². The third-order valence-corrected chi connectivity index (χ3v) is 4.75. The normalized spacial score (nSPS) is 24.8. The van der Waals surface area contributed by atoms with Gasteiger partial charge in [-0.3, -0.25) is 4.79 Å². The van der Waals surface area contributed by atoms with Crippen molar-refractivity contribution < 1.29 is 9.90 Å². The summed E-state index contributed by atoms with van der Waals surface area (Å²) in [6.07, 6.45) is 1.42. The Morgan fingerprint density at radius 1 is 1.53 bits per heavy atom. The Kier molecular flexibility index (Phi) is 4.63. The van der Waals surface area contributed by atoms with Crippen molar-refractivity contribution in [2.24, 2.45) is 11.8 Å². The molecular formula is C15H23NO2S. The van der Waals surface area contributed by atoms with Gasteiger partial charge < -0.3 is 10.4 Å². The van der Waals surface area contributed by atoms with E-state index in [0.29, 0.717) is 18.4 Å². The van der Waals surface area contributed by atoms with Crippen LogP contribution in [0.4, 0.5) is 0 Å². The fourth-order valence-electron chi connectivity index (χ4n) is 2.52. The van der Waals surface area contributed by atoms with Gasteiger partial charge in [-0.1, -0.05) is 6.92 Å². The molecule has 0 aliphatic heterocycles. The Hall–Kier alpha value is -0.870. The number of rotatable bonds is 6. The van der Waals surface area contributed by atoms with Gasteiger partial charge in [0.2, 0.25) is 5.91 Å². The Balaban J connectivity index is 1.74. The molecule has 1 aromatic heterocycles. The molecule has 0 radical (unpaired) electrons. The average Bonchev–Trinajstić information content (AvgIpc) is 3.01. The first kappa shape index (κ1) is 14.5. The molecule has 4 heteroatoms. The number of hydrogen-bond acceptors (Lipinski definition) is 3. The van der Waals surface area contributed by atoms with Gasteiger partial charge in [0, 0.05) is 28.1 Å². The van der Waals surface area contributed by atoms with E-state index in [4.69, 9.17) is 0 Å². The van der Waals surface area contributed by atoms with Crippen molar-refractivity contribution in [1.29, 1.82) is 0 Å². The molecule has 1 heterocycles. The molecule has 0 saturated heterocycles. The van der Waals surface area contributed by atoms with Gasteiger partial charge in [0.15, 0.2) is 0 Å². The number of hydrogen-bond donors (Lipinski definition) is 2. The van der Waals surface area contributed by atoms with Crippen molar-refractivity contribution in [2.45, 2.75) is 45.6 Å². The second-order valence-electron chi connectivity index (χ2n) is 5.83. The van der Waals surface area contributed by atoms with Crippen molar-refractivity contribution in [1.82, 2.24) is 5.32 Å². The second kappa shape index (κ2) is 6.06. The first-order valence-electron chi connectivity index (χ1n) is 6.99. The molecule has 19 heavy (non-hydrogen) atoms. The van der Waals surface area contributed by atoms with Gasteiger partial charge in [-0.2, -0.15) is 0 Å². The number of carbonyl (C=O) groups is 1. The molecular weight excluding hydrogens is 258 g/mol. The summed E-state index contributed by atoms with van der Waals surface area (Å²) in [7, 11) is 0. The Morgan fingerprint density at radius 3 is 2.84 bits per heavy atom. The molecule has 1 aliphatic rings. The lowest BCUT2D eigenvalue weighted by Gasteiger charge is -2.14. The van der Waals surface area contributed by atoms with Crippen LogP contribution in [0.2, 0.25) is 0 Å². The zero-order valence-corrected chi connectivity index (χ0v) is 12.7. The second-order valence-corrected chi connectivity index (χ2v) is 7.15. The van der Waals surface area contributed by atoms with E-state index in [1.807, 2.05) is 0 Å². The van der Waals surface area contributed by atoms with Crippen LogP contribution >= 0.6 is 11.3 Å². The van der Waals surface area contributed by atoms with Gasteiger partial charge in [0.1, 0.15) is 0 Å². The number of thiophene rings is 1. The molecule has 1 saturated carbocycles. The Labute approximate surface area is 119 Å². The molecule has 0 spiro atoms.